The van der Waals surface area contributed by atoms with Crippen molar-refractivity contribution in [2.45, 2.75) is 13.5 Å². The Hall–Kier alpha value is -3.45. The van der Waals surface area contributed by atoms with E-state index < -0.39 is 10.0 Å². The van der Waals surface area contributed by atoms with Crippen LogP contribution in [0.4, 0.5) is 5.69 Å². The van der Waals surface area contributed by atoms with Gasteiger partial charge in [-0.3, -0.25) is 9.10 Å². The van der Waals surface area contributed by atoms with Gasteiger partial charge in [-0.1, -0.05) is 60.7 Å². The molecule has 0 aromatic heterocycles. The highest BCUT2D eigenvalue weighted by atomic mass is 32.2. The second-order valence-electron chi connectivity index (χ2n) is 6.81. The lowest BCUT2D eigenvalue weighted by Gasteiger charge is -2.22. The van der Waals surface area contributed by atoms with Gasteiger partial charge in [-0.2, -0.15) is 5.10 Å². The SMILES string of the molecule is C/C(=N\NC(=O)c1ccc(N(Cc2ccccc2)S(C)(=O)=O)cc1)c1ccccc1. The fraction of sp³-hybridized carbons (Fsp3) is 0.130. The van der Waals surface area contributed by atoms with Crippen molar-refractivity contribution in [2.24, 2.45) is 5.10 Å². The van der Waals surface area contributed by atoms with Gasteiger partial charge < -0.3 is 0 Å². The van der Waals surface area contributed by atoms with E-state index in [-0.39, 0.29) is 12.5 Å². The summed E-state index contributed by atoms with van der Waals surface area (Å²) in [5.41, 5.74) is 5.88. The number of carbonyl (C=O) groups excluding carboxylic acids is 1. The Morgan fingerprint density at radius 2 is 1.43 bits per heavy atom. The zero-order chi connectivity index (χ0) is 21.6. The lowest BCUT2D eigenvalue weighted by atomic mass is 10.1. The van der Waals surface area contributed by atoms with Crippen LogP contribution in [0.25, 0.3) is 0 Å². The third-order valence-corrected chi connectivity index (χ3v) is 5.64. The van der Waals surface area contributed by atoms with Crippen LogP contribution in [0, 0.1) is 0 Å². The Labute approximate surface area is 176 Å². The fourth-order valence-corrected chi connectivity index (χ4v) is 3.76. The summed E-state index contributed by atoms with van der Waals surface area (Å²) in [6, 6.07) is 25.3. The van der Waals surface area contributed by atoms with Gasteiger partial charge in [0.25, 0.3) is 5.91 Å². The van der Waals surface area contributed by atoms with Crippen LogP contribution in [0.2, 0.25) is 0 Å². The number of nitrogens with one attached hydrogen (secondary N) is 1. The standard InChI is InChI=1S/C23H23N3O3S/c1-18(20-11-7-4-8-12-20)24-25-23(27)21-13-15-22(16-14-21)26(30(2,28)29)17-19-9-5-3-6-10-19/h3-16H,17H2,1-2H3,(H,25,27)/b24-18+. The monoisotopic (exact) mass is 421 g/mol. The van der Waals surface area contributed by atoms with Gasteiger partial charge in [-0.05, 0) is 42.3 Å². The van der Waals surface area contributed by atoms with Crippen molar-refractivity contribution in [3.63, 3.8) is 0 Å². The summed E-state index contributed by atoms with van der Waals surface area (Å²) in [5, 5.41) is 4.13. The highest BCUT2D eigenvalue weighted by Crippen LogP contribution is 2.21. The van der Waals surface area contributed by atoms with E-state index in [1.54, 1.807) is 24.3 Å². The smallest absolute Gasteiger partial charge is 0.267 e. The van der Waals surface area contributed by atoms with Gasteiger partial charge in [-0.25, -0.2) is 13.8 Å². The molecule has 0 aliphatic carbocycles. The van der Waals surface area contributed by atoms with Crippen LogP contribution in [-0.4, -0.2) is 26.3 Å². The summed E-state index contributed by atoms with van der Waals surface area (Å²) in [7, 11) is -3.49. The molecule has 0 saturated heterocycles. The molecule has 0 unspecified atom stereocenters. The Bertz CT molecular complexity index is 1130. The average molecular weight is 422 g/mol. The van der Waals surface area contributed by atoms with E-state index >= 15 is 0 Å². The molecule has 0 spiro atoms. The van der Waals surface area contributed by atoms with Gasteiger partial charge in [0.1, 0.15) is 0 Å². The molecule has 1 amide bonds. The quantitative estimate of drug-likeness (QED) is 0.465. The number of anilines is 1. The second kappa shape index (κ2) is 9.37. The first-order chi connectivity index (χ1) is 14.3. The Morgan fingerprint density at radius 1 is 0.867 bits per heavy atom. The van der Waals surface area contributed by atoms with Crippen LogP contribution < -0.4 is 9.73 Å². The summed E-state index contributed by atoms with van der Waals surface area (Å²) < 4.78 is 25.9. The number of benzene rings is 3. The minimum absolute atomic E-state index is 0.214. The number of rotatable bonds is 7. The number of nitrogens with zero attached hydrogens (tertiary/aromatic N) is 2. The van der Waals surface area contributed by atoms with E-state index in [0.29, 0.717) is 17.0 Å². The van der Waals surface area contributed by atoms with Crippen molar-refractivity contribution in [3.05, 3.63) is 102 Å². The van der Waals surface area contributed by atoms with E-state index in [9.17, 15) is 13.2 Å². The van der Waals surface area contributed by atoms with Crippen molar-refractivity contribution < 1.29 is 13.2 Å². The zero-order valence-electron chi connectivity index (χ0n) is 16.8. The highest BCUT2D eigenvalue weighted by molar-refractivity contribution is 7.92. The zero-order valence-corrected chi connectivity index (χ0v) is 17.6. The molecule has 0 fully saturated rings. The molecule has 3 aromatic carbocycles. The number of sulfonamides is 1. The molecule has 0 atom stereocenters. The maximum Gasteiger partial charge on any atom is 0.271 e. The van der Waals surface area contributed by atoms with Crippen LogP contribution in [0.5, 0.6) is 0 Å². The normalized spacial score (nSPS) is 11.7. The molecule has 7 heteroatoms. The molecule has 0 saturated carbocycles. The predicted molar refractivity (Wildman–Crippen MR) is 120 cm³/mol. The molecule has 6 nitrogen and oxygen atoms in total. The van der Waals surface area contributed by atoms with Crippen LogP contribution >= 0.6 is 0 Å². The third-order valence-electron chi connectivity index (χ3n) is 4.50. The number of amides is 1. The number of hydrazone groups is 1. The first-order valence-corrected chi connectivity index (χ1v) is 11.2. The molecule has 0 bridgehead atoms. The molecular weight excluding hydrogens is 398 g/mol. The molecule has 3 aromatic rings. The van der Waals surface area contributed by atoms with Gasteiger partial charge in [0.15, 0.2) is 0 Å². The third kappa shape index (κ3) is 5.55. The van der Waals surface area contributed by atoms with Crippen molar-refractivity contribution in [2.75, 3.05) is 10.6 Å². The predicted octanol–water partition coefficient (Wildman–Crippen LogP) is 3.81. The molecule has 0 heterocycles. The lowest BCUT2D eigenvalue weighted by molar-refractivity contribution is 0.0955. The van der Waals surface area contributed by atoms with Crippen molar-refractivity contribution in [1.82, 2.24) is 5.43 Å². The van der Waals surface area contributed by atoms with E-state index in [1.807, 2.05) is 67.6 Å². The molecule has 0 radical (unpaired) electrons. The number of hydrogen-bond donors (Lipinski definition) is 1. The molecule has 154 valence electrons. The minimum atomic E-state index is -3.49. The van der Waals surface area contributed by atoms with E-state index in [1.165, 1.54) is 4.31 Å². The summed E-state index contributed by atoms with van der Waals surface area (Å²) >= 11 is 0. The fourth-order valence-electron chi connectivity index (χ4n) is 2.87. The van der Waals surface area contributed by atoms with Gasteiger partial charge in [0, 0.05) is 5.56 Å². The Morgan fingerprint density at radius 3 is 2.00 bits per heavy atom. The second-order valence-corrected chi connectivity index (χ2v) is 8.71. The van der Waals surface area contributed by atoms with Crippen molar-refractivity contribution in [1.29, 1.82) is 0 Å². The summed E-state index contributed by atoms with van der Waals surface area (Å²) in [5.74, 6) is -0.370. The largest absolute Gasteiger partial charge is 0.271 e. The summed E-state index contributed by atoms with van der Waals surface area (Å²) in [4.78, 5) is 12.4. The number of hydrogen-bond acceptors (Lipinski definition) is 4. The first kappa shape index (κ1) is 21.3. The van der Waals surface area contributed by atoms with Crippen LogP contribution in [0.3, 0.4) is 0 Å². The van der Waals surface area contributed by atoms with Crippen molar-refractivity contribution >= 4 is 27.3 Å². The van der Waals surface area contributed by atoms with Gasteiger partial charge in [-0.15, -0.1) is 0 Å². The maximum absolute atomic E-state index is 12.4. The molecule has 1 N–H and O–H groups in total. The van der Waals surface area contributed by atoms with Crippen LogP contribution in [-0.2, 0) is 16.6 Å². The highest BCUT2D eigenvalue weighted by Gasteiger charge is 2.18. The summed E-state index contributed by atoms with van der Waals surface area (Å²) in [6.07, 6.45) is 1.16. The molecule has 0 aliphatic heterocycles. The van der Waals surface area contributed by atoms with E-state index in [2.05, 4.69) is 10.5 Å². The van der Waals surface area contributed by atoms with E-state index in [4.69, 9.17) is 0 Å². The van der Waals surface area contributed by atoms with Gasteiger partial charge in [0.2, 0.25) is 10.0 Å². The summed E-state index contributed by atoms with van der Waals surface area (Å²) in [6.45, 7) is 2.03. The molecule has 0 aliphatic rings. The molecule has 3 rings (SSSR count). The van der Waals surface area contributed by atoms with Gasteiger partial charge in [0.05, 0.1) is 24.2 Å². The Balaban J connectivity index is 1.74. The number of carbonyl (C=O) groups is 1. The van der Waals surface area contributed by atoms with Gasteiger partial charge >= 0.3 is 0 Å². The lowest BCUT2D eigenvalue weighted by Crippen LogP contribution is -2.29. The average Bonchev–Trinajstić information content (AvgIpc) is 2.76. The van der Waals surface area contributed by atoms with Crippen molar-refractivity contribution in [3.8, 4) is 0 Å². The van der Waals surface area contributed by atoms with Crippen LogP contribution in [0.1, 0.15) is 28.4 Å². The van der Waals surface area contributed by atoms with Crippen LogP contribution in [0.15, 0.2) is 90.0 Å². The molecular formula is C23H23N3O3S. The first-order valence-electron chi connectivity index (χ1n) is 9.36. The topological polar surface area (TPSA) is 78.8 Å². The Kier molecular flexibility index (Phi) is 6.64. The van der Waals surface area contributed by atoms with E-state index in [0.717, 1.165) is 17.4 Å². The maximum atomic E-state index is 12.4. The minimum Gasteiger partial charge on any atom is -0.267 e. The molecule has 30 heavy (non-hydrogen) atoms.